The maximum absolute atomic E-state index is 14.2. The fourth-order valence-corrected chi connectivity index (χ4v) is 6.17. The molecular formula is C32H39Cl2N3O5S. The molecule has 0 spiro atoms. The Hall–Kier alpha value is -3.27. The van der Waals surface area contributed by atoms with Crippen molar-refractivity contribution in [2.24, 2.45) is 0 Å². The molecule has 232 valence electrons. The molecule has 0 fully saturated rings. The van der Waals surface area contributed by atoms with Crippen molar-refractivity contribution in [1.82, 2.24) is 10.2 Å². The van der Waals surface area contributed by atoms with Crippen LogP contribution in [-0.2, 0) is 26.2 Å². The first-order valence-electron chi connectivity index (χ1n) is 14.3. The van der Waals surface area contributed by atoms with Crippen molar-refractivity contribution in [1.29, 1.82) is 0 Å². The van der Waals surface area contributed by atoms with Gasteiger partial charge in [0.1, 0.15) is 18.3 Å². The molecule has 3 rings (SSSR count). The maximum atomic E-state index is 14.2. The third-order valence-corrected chi connectivity index (χ3v) is 9.57. The Morgan fingerprint density at radius 1 is 0.907 bits per heavy atom. The molecule has 0 saturated heterocycles. The van der Waals surface area contributed by atoms with Gasteiger partial charge in [0.25, 0.3) is 10.0 Å². The van der Waals surface area contributed by atoms with E-state index in [0.717, 1.165) is 9.87 Å². The average Bonchev–Trinajstić information content (AvgIpc) is 2.98. The highest BCUT2D eigenvalue weighted by Crippen LogP contribution is 2.28. The number of carbonyl (C=O) groups excluding carboxylic acids is 2. The number of nitrogens with zero attached hydrogens (tertiary/aromatic N) is 2. The largest absolute Gasteiger partial charge is 0.494 e. The van der Waals surface area contributed by atoms with Crippen LogP contribution in [0, 0.1) is 6.92 Å². The molecule has 0 saturated carbocycles. The number of hydrogen-bond donors (Lipinski definition) is 1. The Morgan fingerprint density at radius 3 is 2.12 bits per heavy atom. The summed E-state index contributed by atoms with van der Waals surface area (Å²) in [6, 6.07) is 17.0. The molecule has 2 unspecified atom stereocenters. The molecule has 43 heavy (non-hydrogen) atoms. The van der Waals surface area contributed by atoms with Crippen LogP contribution in [0.4, 0.5) is 5.69 Å². The van der Waals surface area contributed by atoms with Gasteiger partial charge in [-0.05, 0) is 87.7 Å². The fraction of sp³-hybridized carbons (Fsp3) is 0.375. The number of benzene rings is 3. The van der Waals surface area contributed by atoms with Crippen molar-refractivity contribution in [2.45, 2.75) is 71.0 Å². The van der Waals surface area contributed by atoms with Crippen LogP contribution in [0.3, 0.4) is 0 Å². The van der Waals surface area contributed by atoms with E-state index >= 15 is 0 Å². The first-order valence-corrected chi connectivity index (χ1v) is 16.5. The Morgan fingerprint density at radius 2 is 1.56 bits per heavy atom. The van der Waals surface area contributed by atoms with Gasteiger partial charge in [-0.1, -0.05) is 60.8 Å². The third kappa shape index (κ3) is 8.87. The van der Waals surface area contributed by atoms with Crippen molar-refractivity contribution in [2.75, 3.05) is 17.5 Å². The zero-order chi connectivity index (χ0) is 31.7. The minimum atomic E-state index is -4.20. The number of carbonyl (C=O) groups is 2. The second-order valence-corrected chi connectivity index (χ2v) is 12.9. The normalized spacial score (nSPS) is 12.7. The summed E-state index contributed by atoms with van der Waals surface area (Å²) in [6.07, 6.45) is 1.02. The van der Waals surface area contributed by atoms with Gasteiger partial charge in [0.05, 0.1) is 27.2 Å². The molecule has 0 aromatic heterocycles. The predicted molar refractivity (Wildman–Crippen MR) is 172 cm³/mol. The van der Waals surface area contributed by atoms with Gasteiger partial charge in [-0.2, -0.15) is 0 Å². The van der Waals surface area contributed by atoms with Crippen molar-refractivity contribution >= 4 is 50.7 Å². The van der Waals surface area contributed by atoms with Gasteiger partial charge in [-0.3, -0.25) is 13.9 Å². The van der Waals surface area contributed by atoms with E-state index in [1.807, 2.05) is 34.6 Å². The van der Waals surface area contributed by atoms with Gasteiger partial charge < -0.3 is 15.0 Å². The number of nitrogens with one attached hydrogen (secondary N) is 1. The molecular weight excluding hydrogens is 609 g/mol. The van der Waals surface area contributed by atoms with E-state index < -0.39 is 28.5 Å². The van der Waals surface area contributed by atoms with Crippen molar-refractivity contribution in [3.05, 3.63) is 87.9 Å². The van der Waals surface area contributed by atoms with Gasteiger partial charge in [0.15, 0.2) is 0 Å². The number of sulfonamides is 1. The standard InChI is InChI=1S/C32H39Cl2N3O5S/c1-6-23(5)35-32(39)30(7-2)36(20-24-11-18-28(33)29(34)19-24)31(38)21-37(25-12-9-22(4)10-13-25)43(40,41)27-16-14-26(15-17-27)42-8-3/h9-19,23,30H,6-8,20-21H2,1-5H3,(H,35,39). The van der Waals surface area contributed by atoms with Crippen LogP contribution < -0.4 is 14.4 Å². The molecule has 3 aromatic rings. The minimum absolute atomic E-state index is 0.00177. The lowest BCUT2D eigenvalue weighted by molar-refractivity contribution is -0.140. The highest BCUT2D eigenvalue weighted by Gasteiger charge is 2.34. The lowest BCUT2D eigenvalue weighted by atomic mass is 10.1. The highest BCUT2D eigenvalue weighted by molar-refractivity contribution is 7.92. The Balaban J connectivity index is 2.06. The summed E-state index contributed by atoms with van der Waals surface area (Å²) < 4.78 is 34.6. The van der Waals surface area contributed by atoms with Crippen molar-refractivity contribution in [3.63, 3.8) is 0 Å². The summed E-state index contributed by atoms with van der Waals surface area (Å²) in [7, 11) is -4.20. The van der Waals surface area contributed by atoms with Gasteiger partial charge in [0.2, 0.25) is 11.8 Å². The SMILES string of the molecule is CCOc1ccc(S(=O)(=O)N(CC(=O)N(Cc2ccc(Cl)c(Cl)c2)C(CC)C(=O)NC(C)CC)c2ccc(C)cc2)cc1. The van der Waals surface area contributed by atoms with Gasteiger partial charge in [-0.15, -0.1) is 0 Å². The van der Waals surface area contributed by atoms with Crippen LogP contribution in [0.5, 0.6) is 5.75 Å². The molecule has 1 N–H and O–H groups in total. The molecule has 0 bridgehead atoms. The zero-order valence-corrected chi connectivity index (χ0v) is 27.5. The van der Waals surface area contributed by atoms with Crippen molar-refractivity contribution < 1.29 is 22.7 Å². The van der Waals surface area contributed by atoms with Gasteiger partial charge >= 0.3 is 0 Å². The van der Waals surface area contributed by atoms with E-state index in [-0.39, 0.29) is 23.4 Å². The number of halogens is 2. The molecule has 0 heterocycles. The lowest BCUT2D eigenvalue weighted by Gasteiger charge is -2.33. The first kappa shape index (κ1) is 34.2. The molecule has 2 amide bonds. The van der Waals surface area contributed by atoms with Crippen LogP contribution in [0.25, 0.3) is 0 Å². The van der Waals surface area contributed by atoms with Crippen LogP contribution in [0.15, 0.2) is 71.6 Å². The molecule has 0 aliphatic carbocycles. The highest BCUT2D eigenvalue weighted by atomic mass is 35.5. The maximum Gasteiger partial charge on any atom is 0.264 e. The summed E-state index contributed by atoms with van der Waals surface area (Å²) >= 11 is 12.4. The van der Waals surface area contributed by atoms with Crippen LogP contribution in [0.1, 0.15) is 51.7 Å². The summed E-state index contributed by atoms with van der Waals surface area (Å²) in [6.45, 7) is 9.30. The monoisotopic (exact) mass is 647 g/mol. The zero-order valence-electron chi connectivity index (χ0n) is 25.1. The van der Waals surface area contributed by atoms with Crippen LogP contribution in [-0.4, -0.2) is 50.4 Å². The number of anilines is 1. The van der Waals surface area contributed by atoms with E-state index in [0.29, 0.717) is 46.5 Å². The second kappa shape index (κ2) is 15.5. The molecule has 11 heteroatoms. The third-order valence-electron chi connectivity index (χ3n) is 7.05. The smallest absolute Gasteiger partial charge is 0.264 e. The lowest BCUT2D eigenvalue weighted by Crippen LogP contribution is -2.53. The number of hydrogen-bond acceptors (Lipinski definition) is 5. The first-order chi connectivity index (χ1) is 20.4. The molecule has 0 radical (unpaired) electrons. The molecule has 0 aliphatic rings. The summed E-state index contributed by atoms with van der Waals surface area (Å²) in [5, 5.41) is 3.63. The molecule has 2 atom stereocenters. The summed E-state index contributed by atoms with van der Waals surface area (Å²) in [5.41, 5.74) is 1.90. The Kier molecular flexibility index (Phi) is 12.3. The summed E-state index contributed by atoms with van der Waals surface area (Å²) in [5.74, 6) is -0.334. The second-order valence-electron chi connectivity index (χ2n) is 10.3. The predicted octanol–water partition coefficient (Wildman–Crippen LogP) is 6.62. The van der Waals surface area contributed by atoms with E-state index in [1.54, 1.807) is 54.6 Å². The number of ether oxygens (including phenoxy) is 1. The Labute approximate surface area is 265 Å². The van der Waals surface area contributed by atoms with Crippen molar-refractivity contribution in [3.8, 4) is 5.75 Å². The number of rotatable bonds is 14. The van der Waals surface area contributed by atoms with Crippen LogP contribution >= 0.6 is 23.2 Å². The van der Waals surface area contributed by atoms with E-state index in [2.05, 4.69) is 5.32 Å². The summed E-state index contributed by atoms with van der Waals surface area (Å²) in [4.78, 5) is 29.0. The minimum Gasteiger partial charge on any atom is -0.494 e. The van der Waals surface area contributed by atoms with E-state index in [9.17, 15) is 18.0 Å². The average molecular weight is 649 g/mol. The molecule has 3 aromatic carbocycles. The quantitative estimate of drug-likeness (QED) is 0.212. The molecule has 8 nitrogen and oxygen atoms in total. The van der Waals surface area contributed by atoms with Gasteiger partial charge in [0, 0.05) is 12.6 Å². The number of aryl methyl sites for hydroxylation is 1. The molecule has 0 aliphatic heterocycles. The van der Waals surface area contributed by atoms with E-state index in [1.165, 1.54) is 17.0 Å². The topological polar surface area (TPSA) is 96.0 Å². The fourth-order valence-electron chi connectivity index (χ4n) is 4.44. The van der Waals surface area contributed by atoms with E-state index in [4.69, 9.17) is 27.9 Å². The number of amides is 2. The Bertz CT molecular complexity index is 1500. The van der Waals surface area contributed by atoms with Gasteiger partial charge in [-0.25, -0.2) is 8.42 Å². The van der Waals surface area contributed by atoms with Crippen LogP contribution in [0.2, 0.25) is 10.0 Å².